The first kappa shape index (κ1) is 16.7. The molecule has 0 saturated carbocycles. The lowest BCUT2D eigenvalue weighted by Gasteiger charge is -2.30. The average molecular weight is 337 g/mol. The molecule has 0 unspecified atom stereocenters. The van der Waals surface area contributed by atoms with Crippen molar-refractivity contribution >= 4 is 34.6 Å². The minimum atomic E-state index is -0.442. The zero-order chi connectivity index (χ0) is 16.1. The van der Waals surface area contributed by atoms with Crippen molar-refractivity contribution in [2.75, 3.05) is 5.32 Å². The maximum atomic E-state index is 13.2. The molecule has 0 heterocycles. The van der Waals surface area contributed by atoms with Crippen molar-refractivity contribution in [3.8, 4) is 0 Å². The Morgan fingerprint density at radius 1 is 1.23 bits per heavy atom. The summed E-state index contributed by atoms with van der Waals surface area (Å²) in [6.07, 6.45) is 0. The smallest absolute Gasteiger partial charge is 0.173 e. The van der Waals surface area contributed by atoms with E-state index in [4.69, 9.17) is 23.8 Å². The number of rotatable bonds is 4. The van der Waals surface area contributed by atoms with Gasteiger partial charge < -0.3 is 10.2 Å². The second-order valence-electron chi connectivity index (χ2n) is 5.27. The molecule has 0 aliphatic carbocycles. The molecule has 2 aromatic carbocycles. The molecule has 22 heavy (non-hydrogen) atoms. The van der Waals surface area contributed by atoms with Gasteiger partial charge in [-0.05, 0) is 49.8 Å². The highest BCUT2D eigenvalue weighted by Gasteiger charge is 2.14. The van der Waals surface area contributed by atoms with Crippen molar-refractivity contribution in [3.05, 3.63) is 64.9 Å². The van der Waals surface area contributed by atoms with Crippen LogP contribution in [0.15, 0.2) is 48.5 Å². The van der Waals surface area contributed by atoms with Gasteiger partial charge in [-0.15, -0.1) is 0 Å². The molecule has 0 aliphatic heterocycles. The van der Waals surface area contributed by atoms with Crippen LogP contribution in [0.1, 0.15) is 19.4 Å². The predicted molar refractivity (Wildman–Crippen MR) is 94.8 cm³/mol. The Balaban J connectivity index is 2.11. The van der Waals surface area contributed by atoms with E-state index in [0.29, 0.717) is 17.3 Å². The van der Waals surface area contributed by atoms with Crippen LogP contribution in [0.5, 0.6) is 0 Å². The SMILES string of the molecule is CC(C)N(Cc1ccccc1)C(=S)Nc1ccc(F)c(Cl)c1. The summed E-state index contributed by atoms with van der Waals surface area (Å²) in [5.74, 6) is -0.442. The van der Waals surface area contributed by atoms with E-state index in [9.17, 15) is 4.39 Å². The van der Waals surface area contributed by atoms with Crippen LogP contribution in [0, 0.1) is 5.82 Å². The molecule has 0 fully saturated rings. The molecule has 0 spiro atoms. The zero-order valence-electron chi connectivity index (χ0n) is 12.5. The number of hydrogen-bond donors (Lipinski definition) is 1. The van der Waals surface area contributed by atoms with Gasteiger partial charge >= 0.3 is 0 Å². The number of hydrogen-bond acceptors (Lipinski definition) is 1. The van der Waals surface area contributed by atoms with Crippen LogP contribution in [0.2, 0.25) is 5.02 Å². The fraction of sp³-hybridized carbons (Fsp3) is 0.235. The molecule has 0 amide bonds. The third kappa shape index (κ3) is 4.42. The summed E-state index contributed by atoms with van der Waals surface area (Å²) >= 11 is 11.3. The molecule has 0 saturated heterocycles. The van der Waals surface area contributed by atoms with Gasteiger partial charge in [0.05, 0.1) is 5.02 Å². The highest BCUT2D eigenvalue weighted by molar-refractivity contribution is 7.80. The summed E-state index contributed by atoms with van der Waals surface area (Å²) in [6.45, 7) is 4.86. The number of halogens is 2. The normalized spacial score (nSPS) is 10.6. The number of nitrogens with zero attached hydrogens (tertiary/aromatic N) is 1. The van der Waals surface area contributed by atoms with Gasteiger partial charge in [0.1, 0.15) is 5.82 Å². The molecular formula is C17H18ClFN2S. The van der Waals surface area contributed by atoms with E-state index >= 15 is 0 Å². The summed E-state index contributed by atoms with van der Waals surface area (Å²) in [6, 6.07) is 14.8. The van der Waals surface area contributed by atoms with E-state index in [-0.39, 0.29) is 11.1 Å². The first-order valence-electron chi connectivity index (χ1n) is 7.04. The zero-order valence-corrected chi connectivity index (χ0v) is 14.1. The van der Waals surface area contributed by atoms with Gasteiger partial charge in [-0.1, -0.05) is 41.9 Å². The Bertz CT molecular complexity index is 646. The summed E-state index contributed by atoms with van der Waals surface area (Å²) in [5, 5.41) is 3.78. The summed E-state index contributed by atoms with van der Waals surface area (Å²) in [4.78, 5) is 2.07. The standard InChI is InChI=1S/C17H18ClFN2S/c1-12(2)21(11-13-6-4-3-5-7-13)17(22)20-14-8-9-16(19)15(18)10-14/h3-10,12H,11H2,1-2H3,(H,20,22). The molecule has 0 aromatic heterocycles. The van der Waals surface area contributed by atoms with E-state index < -0.39 is 5.82 Å². The van der Waals surface area contributed by atoms with Gasteiger partial charge in [0, 0.05) is 18.3 Å². The van der Waals surface area contributed by atoms with Crippen molar-refractivity contribution in [1.82, 2.24) is 4.90 Å². The summed E-state index contributed by atoms with van der Waals surface area (Å²) in [5.41, 5.74) is 1.85. The fourth-order valence-electron chi connectivity index (χ4n) is 2.04. The maximum Gasteiger partial charge on any atom is 0.173 e. The van der Waals surface area contributed by atoms with E-state index in [0.717, 1.165) is 0 Å². The first-order chi connectivity index (χ1) is 10.5. The molecule has 2 aromatic rings. The summed E-state index contributed by atoms with van der Waals surface area (Å²) in [7, 11) is 0. The summed E-state index contributed by atoms with van der Waals surface area (Å²) < 4.78 is 13.2. The third-order valence-corrected chi connectivity index (χ3v) is 3.88. The maximum absolute atomic E-state index is 13.2. The Kier molecular flexibility index (Phi) is 5.75. The fourth-order valence-corrected chi connectivity index (χ4v) is 2.61. The van der Waals surface area contributed by atoms with Gasteiger partial charge in [-0.25, -0.2) is 4.39 Å². The second kappa shape index (κ2) is 7.56. The van der Waals surface area contributed by atoms with Gasteiger partial charge in [0.2, 0.25) is 0 Å². The average Bonchev–Trinajstić information content (AvgIpc) is 2.49. The molecule has 0 aliphatic rings. The van der Waals surface area contributed by atoms with Crippen LogP contribution >= 0.6 is 23.8 Å². The van der Waals surface area contributed by atoms with Gasteiger partial charge in [-0.3, -0.25) is 0 Å². The van der Waals surface area contributed by atoms with Crippen molar-refractivity contribution in [2.24, 2.45) is 0 Å². The molecule has 2 rings (SSSR count). The van der Waals surface area contributed by atoms with Crippen molar-refractivity contribution in [1.29, 1.82) is 0 Å². The lowest BCUT2D eigenvalue weighted by Crippen LogP contribution is -2.39. The third-order valence-electron chi connectivity index (χ3n) is 3.25. The Labute approximate surface area is 140 Å². The monoisotopic (exact) mass is 336 g/mol. The Morgan fingerprint density at radius 2 is 1.91 bits per heavy atom. The van der Waals surface area contributed by atoms with Crippen LogP contribution in [0.25, 0.3) is 0 Å². The van der Waals surface area contributed by atoms with E-state index in [1.165, 1.54) is 17.7 Å². The molecule has 2 nitrogen and oxygen atoms in total. The minimum Gasteiger partial charge on any atom is -0.342 e. The first-order valence-corrected chi connectivity index (χ1v) is 7.82. The highest BCUT2D eigenvalue weighted by Crippen LogP contribution is 2.20. The molecule has 1 N–H and O–H groups in total. The molecule has 116 valence electrons. The highest BCUT2D eigenvalue weighted by atomic mass is 35.5. The molecule has 0 radical (unpaired) electrons. The van der Waals surface area contributed by atoms with Crippen molar-refractivity contribution in [2.45, 2.75) is 26.4 Å². The van der Waals surface area contributed by atoms with Crippen LogP contribution in [0.4, 0.5) is 10.1 Å². The number of benzene rings is 2. The quantitative estimate of drug-likeness (QED) is 0.783. The van der Waals surface area contributed by atoms with E-state index in [1.54, 1.807) is 6.07 Å². The molecule has 0 atom stereocenters. The molecule has 5 heteroatoms. The van der Waals surface area contributed by atoms with E-state index in [1.807, 2.05) is 18.2 Å². The van der Waals surface area contributed by atoms with Gasteiger partial charge in [0.25, 0.3) is 0 Å². The number of anilines is 1. The van der Waals surface area contributed by atoms with Gasteiger partial charge in [0.15, 0.2) is 5.11 Å². The lowest BCUT2D eigenvalue weighted by atomic mass is 10.2. The van der Waals surface area contributed by atoms with Crippen molar-refractivity contribution in [3.63, 3.8) is 0 Å². The number of nitrogens with one attached hydrogen (secondary N) is 1. The number of thiocarbonyl (C=S) groups is 1. The van der Waals surface area contributed by atoms with Crippen LogP contribution in [-0.2, 0) is 6.54 Å². The second-order valence-corrected chi connectivity index (χ2v) is 6.06. The molecular weight excluding hydrogens is 319 g/mol. The molecule has 0 bridgehead atoms. The van der Waals surface area contributed by atoms with Crippen molar-refractivity contribution < 1.29 is 4.39 Å². The van der Waals surface area contributed by atoms with Crippen LogP contribution in [0.3, 0.4) is 0 Å². The predicted octanol–water partition coefficient (Wildman–Crippen LogP) is 5.09. The van der Waals surface area contributed by atoms with Crippen LogP contribution in [-0.4, -0.2) is 16.1 Å². The van der Waals surface area contributed by atoms with E-state index in [2.05, 4.69) is 36.2 Å². The Morgan fingerprint density at radius 3 is 2.50 bits per heavy atom. The largest absolute Gasteiger partial charge is 0.342 e. The Hall–Kier alpha value is -1.65. The van der Waals surface area contributed by atoms with Crippen LogP contribution < -0.4 is 5.32 Å². The topological polar surface area (TPSA) is 15.3 Å². The van der Waals surface area contributed by atoms with Gasteiger partial charge in [-0.2, -0.15) is 0 Å². The minimum absolute atomic E-state index is 0.0759. The lowest BCUT2D eigenvalue weighted by molar-refractivity contribution is 0.348.